The van der Waals surface area contributed by atoms with E-state index in [0.29, 0.717) is 6.42 Å². The zero-order chi connectivity index (χ0) is 54.7. The fourth-order valence-corrected chi connectivity index (χ4v) is 9.99. The number of aliphatic hydroxyl groups is 1. The molecule has 404 valence electrons. The van der Waals surface area contributed by atoms with Crippen LogP contribution in [0.25, 0.3) is 0 Å². The Kier molecular flexibility index (Phi) is 15.7. The third-order valence-electron chi connectivity index (χ3n) is 14.1. The van der Waals surface area contributed by atoms with Gasteiger partial charge in [-0.1, -0.05) is 70.6 Å². The Hall–Kier alpha value is -5.45. The van der Waals surface area contributed by atoms with Gasteiger partial charge >= 0.3 is 42.6 Å². The lowest BCUT2D eigenvalue weighted by molar-refractivity contribution is -0.300. The third-order valence-corrected chi connectivity index (χ3v) is 14.1. The Balaban J connectivity index is 1.31. The summed E-state index contributed by atoms with van der Waals surface area (Å²) in [7, 11) is 0. The van der Waals surface area contributed by atoms with Gasteiger partial charge < -0.3 is 33.5 Å². The molecule has 2 bridgehead atoms. The molecule has 1 N–H and O–H groups in total. The number of allylic oxidation sites excluding steroid dienone is 2. The van der Waals surface area contributed by atoms with Crippen molar-refractivity contribution in [2.24, 2.45) is 23.7 Å². The number of carbonyl (C=O) groups excluding carboxylic acids is 3. The minimum absolute atomic E-state index is 0.00327. The van der Waals surface area contributed by atoms with Gasteiger partial charge in [-0.2, -0.15) is 52.7 Å². The van der Waals surface area contributed by atoms with Gasteiger partial charge in [0.2, 0.25) is 0 Å². The van der Waals surface area contributed by atoms with Gasteiger partial charge in [0.25, 0.3) is 0 Å². The summed E-state index contributed by atoms with van der Waals surface area (Å²) in [4.78, 5) is 42.0. The minimum Gasteiger partial charge on any atom is -0.462 e. The molecular weight excluding hydrogens is 1010 g/mol. The van der Waals surface area contributed by atoms with Gasteiger partial charge in [-0.25, -0.2) is 9.59 Å². The molecule has 4 heterocycles. The topological polar surface area (TPSA) is 127 Å². The third kappa shape index (κ3) is 11.8. The lowest BCUT2D eigenvalue weighted by Gasteiger charge is -2.48. The summed E-state index contributed by atoms with van der Waals surface area (Å²) in [5.74, 6) is -8.41. The fraction of sp³-hybridized carbons (Fsp3) is 0.519. The largest absolute Gasteiger partial charge is 0.462 e. The van der Waals surface area contributed by atoms with Crippen molar-refractivity contribution in [3.63, 3.8) is 0 Å². The van der Waals surface area contributed by atoms with E-state index in [0.717, 1.165) is 0 Å². The van der Waals surface area contributed by atoms with E-state index in [4.69, 9.17) is 28.4 Å². The Morgan fingerprint density at radius 3 is 1.78 bits per heavy atom. The van der Waals surface area contributed by atoms with Crippen LogP contribution in [0.3, 0.4) is 0 Å². The van der Waals surface area contributed by atoms with Gasteiger partial charge in [-0.05, 0) is 85.4 Å². The van der Waals surface area contributed by atoms with Crippen molar-refractivity contribution in [2.45, 2.75) is 140 Å². The molecule has 2 fully saturated rings. The molecule has 74 heavy (non-hydrogen) atoms. The highest BCUT2D eigenvalue weighted by Gasteiger charge is 2.61. The second-order valence-corrected chi connectivity index (χ2v) is 19.5. The van der Waals surface area contributed by atoms with Gasteiger partial charge in [0.15, 0.2) is 11.9 Å². The Bertz CT molecular complexity index is 2580. The number of hydrogen-bond acceptors (Lipinski definition) is 10. The number of esters is 3. The van der Waals surface area contributed by atoms with Crippen molar-refractivity contribution in [3.05, 3.63) is 129 Å². The quantitative estimate of drug-likeness (QED) is 0.129. The number of carbonyl (C=O) groups is 3. The molecule has 7 rings (SSSR count). The van der Waals surface area contributed by atoms with Crippen molar-refractivity contribution in [1.82, 2.24) is 0 Å². The number of rotatable bonds is 6. The first-order chi connectivity index (χ1) is 34.2. The molecule has 10 nitrogen and oxygen atoms in total. The van der Waals surface area contributed by atoms with Crippen LogP contribution in [-0.4, -0.2) is 77.6 Å². The first-order valence-corrected chi connectivity index (χ1v) is 23.6. The normalized spacial score (nSPS) is 33.3. The minimum atomic E-state index is -5.32. The molecule has 1 aliphatic carbocycles. The zero-order valence-corrected chi connectivity index (χ0v) is 40.5. The van der Waals surface area contributed by atoms with Gasteiger partial charge in [0.05, 0.1) is 52.2 Å². The number of ether oxygens (including phenoxy) is 6. The number of fused-ring (bicyclic) bond motifs is 2. The summed E-state index contributed by atoms with van der Waals surface area (Å²) >= 11 is 0. The maximum atomic E-state index is 14.7. The molecule has 0 saturated carbocycles. The summed E-state index contributed by atoms with van der Waals surface area (Å²) in [5.41, 5.74) is -11.6. The summed E-state index contributed by atoms with van der Waals surface area (Å²) in [6.07, 6.45) is -17.3. The smallest absolute Gasteiger partial charge is 0.416 e. The first kappa shape index (κ1) is 56.3. The van der Waals surface area contributed by atoms with E-state index in [-0.39, 0.29) is 90.3 Å². The molecule has 22 heteroatoms. The Labute approximate surface area is 417 Å². The second kappa shape index (κ2) is 20.6. The van der Waals surface area contributed by atoms with Crippen LogP contribution < -0.4 is 0 Å². The highest BCUT2D eigenvalue weighted by atomic mass is 19.4. The molecule has 12 atom stereocenters. The second-order valence-electron chi connectivity index (χ2n) is 19.5. The fourth-order valence-electron chi connectivity index (χ4n) is 9.99. The van der Waals surface area contributed by atoms with E-state index in [1.807, 2.05) is 26.8 Å². The molecule has 4 aliphatic heterocycles. The molecule has 1 spiro atoms. The predicted octanol–water partition coefficient (Wildman–Crippen LogP) is 12.1. The Morgan fingerprint density at radius 2 is 1.27 bits per heavy atom. The van der Waals surface area contributed by atoms with Crippen LogP contribution in [0, 0.1) is 23.7 Å². The van der Waals surface area contributed by atoms with Crippen LogP contribution in [0.15, 0.2) is 95.6 Å². The molecule has 0 radical (unpaired) electrons. The van der Waals surface area contributed by atoms with Crippen molar-refractivity contribution in [3.8, 4) is 0 Å². The number of benzene rings is 2. The van der Waals surface area contributed by atoms with E-state index in [9.17, 15) is 72.2 Å². The van der Waals surface area contributed by atoms with Crippen molar-refractivity contribution in [1.29, 1.82) is 0 Å². The summed E-state index contributed by atoms with van der Waals surface area (Å²) in [6, 6.07) is 0.482. The molecule has 2 aromatic rings. The van der Waals surface area contributed by atoms with Gasteiger partial charge in [-0.15, -0.1) is 0 Å². The lowest BCUT2D eigenvalue weighted by atomic mass is 9.70. The summed E-state index contributed by atoms with van der Waals surface area (Å²) in [6.45, 7) is 9.72. The molecule has 2 aromatic carbocycles. The number of alkyl halides is 12. The summed E-state index contributed by atoms with van der Waals surface area (Å²) in [5, 5.41) is 12.9. The maximum absolute atomic E-state index is 14.7. The monoisotopic (exact) mass is 1060 g/mol. The zero-order valence-electron chi connectivity index (χ0n) is 40.5. The van der Waals surface area contributed by atoms with Gasteiger partial charge in [0, 0.05) is 24.7 Å². The van der Waals surface area contributed by atoms with E-state index >= 15 is 0 Å². The maximum Gasteiger partial charge on any atom is 0.416 e. The van der Waals surface area contributed by atoms with Crippen molar-refractivity contribution in [2.75, 3.05) is 6.61 Å². The SMILES string of the molecule is CC[C@H](C)[C@H]1O[C@]2(C=C[C@@H]1C)C[C@@H]1C[C@@H](C/C=C(\C)[C@@H](OC(=O)c3cc(C(F)(F)F)cc(C(F)(F)F)c3)[C@@H](C)/C=C/C=C3\CO[C@@H]4[C@H](OC(=O)c5cc(C(F)(F)F)cc(C(F)(F)F)c5)C(C)=C[C@@H](C(=O)O1)[C@]34O)O2. The predicted molar refractivity (Wildman–Crippen MR) is 237 cm³/mol. The molecule has 0 unspecified atom stereocenters. The number of halogens is 12. The first-order valence-electron chi connectivity index (χ1n) is 23.6. The van der Waals surface area contributed by atoms with Crippen LogP contribution >= 0.6 is 0 Å². The van der Waals surface area contributed by atoms with Crippen LogP contribution in [0.2, 0.25) is 0 Å². The van der Waals surface area contributed by atoms with Crippen LogP contribution in [0.4, 0.5) is 52.7 Å². The van der Waals surface area contributed by atoms with Gasteiger partial charge in [-0.3, -0.25) is 4.79 Å². The Morgan fingerprint density at radius 1 is 0.743 bits per heavy atom. The highest BCUT2D eigenvalue weighted by molar-refractivity contribution is 5.91. The lowest BCUT2D eigenvalue weighted by Crippen LogP contribution is -2.59. The van der Waals surface area contributed by atoms with E-state index in [1.54, 1.807) is 12.2 Å². The van der Waals surface area contributed by atoms with Crippen molar-refractivity contribution >= 4 is 17.9 Å². The molecule has 5 aliphatic rings. The van der Waals surface area contributed by atoms with E-state index < -0.39 is 136 Å². The van der Waals surface area contributed by atoms with Crippen LogP contribution in [0.1, 0.15) is 110 Å². The standard InChI is InChI=1S/C52H52F12O10/c1-7-25(2)41-28(5)13-14-47(74-41)23-38-22-37(73-47)12-11-27(4)40(71-44(65)30-16-33(49(53,54)55)20-34(17-30)50(56,57)58)26(3)9-8-10-32-24-69-43-42(29(6)15-39(46(67)70-38)48(32,43)68)72-45(66)31-18-35(51(59,60)61)21-36(19-31)52(62,63)64/h8-11,13-21,25-26,28,37-43,68H,7,12,22-24H2,1-6H3/b9-8+,27-11+,32-10+/t25-,26-,28-,37+,38-,39-,40-,41+,42+,43+,47+,48+/m0/s1. The summed E-state index contributed by atoms with van der Waals surface area (Å²) < 4.78 is 203. The van der Waals surface area contributed by atoms with Gasteiger partial charge in [0.1, 0.15) is 29.8 Å². The van der Waals surface area contributed by atoms with E-state index in [2.05, 4.69) is 0 Å². The molecule has 0 aromatic heterocycles. The van der Waals surface area contributed by atoms with Crippen molar-refractivity contribution < 1.29 is 101 Å². The highest BCUT2D eigenvalue weighted by Crippen LogP contribution is 2.49. The molecule has 0 amide bonds. The average Bonchev–Trinajstić information content (AvgIpc) is 3.65. The van der Waals surface area contributed by atoms with Crippen LogP contribution in [0.5, 0.6) is 0 Å². The van der Waals surface area contributed by atoms with Crippen LogP contribution in [-0.2, 0) is 57.9 Å². The molecule has 2 saturated heterocycles. The number of hydrogen-bond donors (Lipinski definition) is 1. The van der Waals surface area contributed by atoms with E-state index in [1.165, 1.54) is 45.1 Å². The average molecular weight is 1060 g/mol. The molecular formula is C52H52F12O10.